The Morgan fingerprint density at radius 1 is 1.29 bits per heavy atom. The molecule has 0 atom stereocenters. The monoisotopic (exact) mass is 184 g/mol. The maximum atomic E-state index is 6.85. The molecule has 1 heterocycles. The van der Waals surface area contributed by atoms with E-state index >= 15 is 0 Å². The average molecular weight is 184 g/mol. The van der Waals surface area contributed by atoms with Crippen LogP contribution in [0.3, 0.4) is 0 Å². The van der Waals surface area contributed by atoms with Gasteiger partial charge in [0.05, 0.1) is 18.5 Å². The van der Waals surface area contributed by atoms with E-state index in [9.17, 15) is 0 Å². The number of para-hydroxylation sites is 1. The first-order valence-electron chi connectivity index (χ1n) is 4.09. The Morgan fingerprint density at radius 3 is 2.57 bits per heavy atom. The third kappa shape index (κ3) is 1.21. The first-order chi connectivity index (χ1) is 6.83. The highest BCUT2D eigenvalue weighted by atomic mass is 15.3. The molecular weight excluding hydrogens is 176 g/mol. The van der Waals surface area contributed by atoms with Gasteiger partial charge in [-0.2, -0.15) is 5.10 Å². The number of benzene rings is 1. The summed E-state index contributed by atoms with van der Waals surface area (Å²) in [5, 5.41) is 4.03. The summed E-state index contributed by atoms with van der Waals surface area (Å²) in [6.45, 7) is 6.85. The van der Waals surface area contributed by atoms with Crippen LogP contribution in [0.25, 0.3) is 10.5 Å². The van der Waals surface area contributed by atoms with E-state index in [1.165, 1.54) is 6.20 Å². The van der Waals surface area contributed by atoms with Gasteiger partial charge in [-0.15, -0.1) is 0 Å². The van der Waals surface area contributed by atoms with E-state index in [-0.39, 0.29) is 0 Å². The normalized spacial score (nSPS) is 9.64. The number of anilines is 1. The van der Waals surface area contributed by atoms with Crippen molar-refractivity contribution in [2.24, 2.45) is 0 Å². The van der Waals surface area contributed by atoms with E-state index in [0.717, 1.165) is 5.69 Å². The fourth-order valence-electron chi connectivity index (χ4n) is 1.21. The van der Waals surface area contributed by atoms with Crippen molar-refractivity contribution in [2.45, 2.75) is 0 Å². The number of rotatable bonds is 1. The molecule has 0 aliphatic rings. The molecule has 0 radical (unpaired) electrons. The maximum absolute atomic E-state index is 6.85. The van der Waals surface area contributed by atoms with Crippen LogP contribution in [0.5, 0.6) is 0 Å². The van der Waals surface area contributed by atoms with Gasteiger partial charge in [0.1, 0.15) is 5.82 Å². The van der Waals surface area contributed by atoms with Crippen molar-refractivity contribution in [3.05, 3.63) is 47.9 Å². The molecule has 2 aromatic rings. The smallest absolute Gasteiger partial charge is 0.247 e. The van der Waals surface area contributed by atoms with Gasteiger partial charge in [-0.3, -0.25) is 0 Å². The SMILES string of the molecule is [C-]#[N+]c1cnn(-c2ccccc2)c1N. The number of nitrogens with zero attached hydrogens (tertiary/aromatic N) is 3. The number of nitrogens with two attached hydrogens (primary N) is 1. The summed E-state index contributed by atoms with van der Waals surface area (Å²) in [5.74, 6) is 0.381. The molecule has 68 valence electrons. The second-order valence-electron chi connectivity index (χ2n) is 2.77. The fraction of sp³-hybridized carbons (Fsp3) is 0. The summed E-state index contributed by atoms with van der Waals surface area (Å²) >= 11 is 0. The Bertz CT molecular complexity index is 479. The molecule has 14 heavy (non-hydrogen) atoms. The fourth-order valence-corrected chi connectivity index (χ4v) is 1.21. The molecule has 0 unspecified atom stereocenters. The van der Waals surface area contributed by atoms with Crippen LogP contribution in [0.2, 0.25) is 0 Å². The molecule has 4 heteroatoms. The number of hydrogen-bond acceptors (Lipinski definition) is 2. The molecule has 2 rings (SSSR count). The molecule has 0 spiro atoms. The second-order valence-corrected chi connectivity index (χ2v) is 2.77. The van der Waals surface area contributed by atoms with E-state index in [1.54, 1.807) is 4.68 Å². The summed E-state index contributed by atoms with van der Waals surface area (Å²) in [6.07, 6.45) is 1.47. The lowest BCUT2D eigenvalue weighted by Crippen LogP contribution is -2.00. The van der Waals surface area contributed by atoms with Crippen LogP contribution in [-0.4, -0.2) is 9.78 Å². The van der Waals surface area contributed by atoms with Gasteiger partial charge in [0.25, 0.3) is 0 Å². The van der Waals surface area contributed by atoms with Crippen molar-refractivity contribution in [1.29, 1.82) is 0 Å². The highest BCUT2D eigenvalue weighted by molar-refractivity contribution is 5.64. The summed E-state index contributed by atoms with van der Waals surface area (Å²) < 4.78 is 1.55. The first-order valence-corrected chi connectivity index (χ1v) is 4.09. The van der Waals surface area contributed by atoms with E-state index in [0.29, 0.717) is 11.5 Å². The van der Waals surface area contributed by atoms with Gasteiger partial charge in [-0.25, -0.2) is 9.53 Å². The van der Waals surface area contributed by atoms with Crippen LogP contribution >= 0.6 is 0 Å². The average Bonchev–Trinajstić information content (AvgIpc) is 2.61. The third-order valence-electron chi connectivity index (χ3n) is 1.91. The van der Waals surface area contributed by atoms with Gasteiger partial charge >= 0.3 is 0 Å². The Balaban J connectivity index is 2.54. The third-order valence-corrected chi connectivity index (χ3v) is 1.91. The molecule has 0 amide bonds. The van der Waals surface area contributed by atoms with Gasteiger partial charge in [0.15, 0.2) is 0 Å². The largest absolute Gasteiger partial charge is 0.392 e. The Morgan fingerprint density at radius 2 is 2.00 bits per heavy atom. The summed E-state index contributed by atoms with van der Waals surface area (Å²) in [5.41, 5.74) is 6.98. The van der Waals surface area contributed by atoms with Crippen molar-refractivity contribution in [3.63, 3.8) is 0 Å². The highest BCUT2D eigenvalue weighted by Gasteiger charge is 2.07. The number of hydrogen-bond donors (Lipinski definition) is 1. The van der Waals surface area contributed by atoms with Crippen molar-refractivity contribution < 1.29 is 0 Å². The molecule has 0 saturated carbocycles. The van der Waals surface area contributed by atoms with Gasteiger partial charge in [0, 0.05) is 0 Å². The topological polar surface area (TPSA) is 48.2 Å². The minimum absolute atomic E-state index is 0.381. The molecule has 0 fully saturated rings. The zero-order valence-electron chi connectivity index (χ0n) is 7.38. The number of nitrogen functional groups attached to an aromatic ring is 1. The van der Waals surface area contributed by atoms with Crippen LogP contribution < -0.4 is 5.73 Å². The first kappa shape index (κ1) is 8.32. The summed E-state index contributed by atoms with van der Waals surface area (Å²) in [4.78, 5) is 3.26. The van der Waals surface area contributed by atoms with Crippen molar-refractivity contribution in [2.75, 3.05) is 5.73 Å². The van der Waals surface area contributed by atoms with Crippen LogP contribution in [0.1, 0.15) is 0 Å². The Hall–Kier alpha value is -2.28. The molecule has 2 N–H and O–H groups in total. The van der Waals surface area contributed by atoms with E-state index in [1.807, 2.05) is 30.3 Å². The summed E-state index contributed by atoms with van der Waals surface area (Å²) in [7, 11) is 0. The number of aromatic nitrogens is 2. The van der Waals surface area contributed by atoms with Crippen molar-refractivity contribution >= 4 is 11.5 Å². The van der Waals surface area contributed by atoms with Crippen LogP contribution in [0.15, 0.2) is 36.5 Å². The summed E-state index contributed by atoms with van der Waals surface area (Å²) in [6, 6.07) is 9.48. The minimum atomic E-state index is 0.381. The van der Waals surface area contributed by atoms with Crippen molar-refractivity contribution in [1.82, 2.24) is 9.78 Å². The Kier molecular flexibility index (Phi) is 1.92. The highest BCUT2D eigenvalue weighted by Crippen LogP contribution is 2.23. The van der Waals surface area contributed by atoms with Crippen molar-refractivity contribution in [3.8, 4) is 5.69 Å². The van der Waals surface area contributed by atoms with E-state index in [2.05, 4.69) is 9.94 Å². The lowest BCUT2D eigenvalue weighted by Gasteiger charge is -2.02. The van der Waals surface area contributed by atoms with Crippen LogP contribution in [0, 0.1) is 6.57 Å². The van der Waals surface area contributed by atoms with Crippen LogP contribution in [-0.2, 0) is 0 Å². The van der Waals surface area contributed by atoms with E-state index < -0.39 is 0 Å². The quantitative estimate of drug-likeness (QED) is 0.689. The van der Waals surface area contributed by atoms with Gasteiger partial charge in [0.2, 0.25) is 5.69 Å². The van der Waals surface area contributed by atoms with E-state index in [4.69, 9.17) is 12.3 Å². The predicted molar refractivity (Wildman–Crippen MR) is 54.2 cm³/mol. The lowest BCUT2D eigenvalue weighted by atomic mass is 10.3. The maximum Gasteiger partial charge on any atom is 0.247 e. The predicted octanol–water partition coefficient (Wildman–Crippen LogP) is 2.01. The second kappa shape index (κ2) is 3.23. The zero-order chi connectivity index (χ0) is 9.97. The van der Waals surface area contributed by atoms with Gasteiger partial charge in [-0.1, -0.05) is 18.2 Å². The lowest BCUT2D eigenvalue weighted by molar-refractivity contribution is 0.891. The van der Waals surface area contributed by atoms with Gasteiger partial charge in [-0.05, 0) is 12.1 Å². The molecule has 0 bridgehead atoms. The molecule has 1 aromatic heterocycles. The van der Waals surface area contributed by atoms with Gasteiger partial charge < -0.3 is 5.73 Å². The Labute approximate surface area is 81.4 Å². The molecule has 0 aliphatic carbocycles. The van der Waals surface area contributed by atoms with Crippen LogP contribution in [0.4, 0.5) is 11.5 Å². The molecule has 4 nitrogen and oxygen atoms in total. The minimum Gasteiger partial charge on any atom is -0.392 e. The molecular formula is C10H8N4. The molecule has 0 saturated heterocycles. The standard InChI is InChI=1S/C10H8N4/c1-12-9-7-13-14(10(9)11)8-5-3-2-4-6-8/h2-7H,11H2. The molecule has 1 aromatic carbocycles. The zero-order valence-corrected chi connectivity index (χ0v) is 7.38. The molecule has 0 aliphatic heterocycles.